The highest BCUT2D eigenvalue weighted by atomic mass is 16.2. The van der Waals surface area contributed by atoms with Gasteiger partial charge in [-0.2, -0.15) is 0 Å². The minimum atomic E-state index is -0.0501. The monoisotopic (exact) mass is 298 g/mol. The fourth-order valence-corrected chi connectivity index (χ4v) is 2.30. The highest BCUT2D eigenvalue weighted by molar-refractivity contribution is 5.92. The quantitative estimate of drug-likeness (QED) is 0.822. The molecule has 2 heterocycles. The summed E-state index contributed by atoms with van der Waals surface area (Å²) in [7, 11) is 0. The lowest BCUT2D eigenvalue weighted by atomic mass is 10.2. The lowest BCUT2D eigenvalue weighted by Crippen LogP contribution is -2.32. The second-order valence-corrected chi connectivity index (χ2v) is 5.38. The molecule has 116 valence electrons. The Bertz CT molecular complexity index is 608. The molecule has 0 aliphatic rings. The van der Waals surface area contributed by atoms with Gasteiger partial charge in [-0.1, -0.05) is 19.4 Å². The van der Waals surface area contributed by atoms with Crippen LogP contribution in [0.1, 0.15) is 47.3 Å². The summed E-state index contributed by atoms with van der Waals surface area (Å²) in [4.78, 5) is 27.2. The number of aryl methyl sites for hydroxylation is 2. The zero-order valence-electron chi connectivity index (χ0n) is 13.4. The molecule has 0 atom stereocenters. The number of unbranched alkanes of at least 4 members (excludes halogenated alkanes) is 1. The van der Waals surface area contributed by atoms with Gasteiger partial charge in [0.25, 0.3) is 5.91 Å². The van der Waals surface area contributed by atoms with Crippen LogP contribution in [-0.2, 0) is 6.54 Å². The van der Waals surface area contributed by atoms with Crippen molar-refractivity contribution in [2.75, 3.05) is 6.54 Å². The zero-order chi connectivity index (χ0) is 15.9. The Hall–Kier alpha value is -2.30. The van der Waals surface area contributed by atoms with Crippen LogP contribution in [0.4, 0.5) is 0 Å². The summed E-state index contributed by atoms with van der Waals surface area (Å²) < 4.78 is 0. The fraction of sp³-hybridized carbons (Fsp3) is 0.412. The molecule has 2 rings (SSSR count). The Morgan fingerprint density at radius 3 is 2.73 bits per heavy atom. The first-order chi connectivity index (χ1) is 10.6. The molecule has 0 bridgehead atoms. The molecule has 0 N–H and O–H groups in total. The standard InChI is InChI=1S/C17H22N4O/c1-4-5-9-21(12-15-7-6-8-18-11-15)17(22)16-10-13(2)19-14(3)20-16/h6-8,10-11H,4-5,9,12H2,1-3H3. The summed E-state index contributed by atoms with van der Waals surface area (Å²) in [6.07, 6.45) is 5.54. The number of carbonyl (C=O) groups excluding carboxylic acids is 1. The molecule has 0 fully saturated rings. The van der Waals surface area contributed by atoms with E-state index >= 15 is 0 Å². The number of carbonyl (C=O) groups is 1. The van der Waals surface area contributed by atoms with Crippen molar-refractivity contribution >= 4 is 5.91 Å². The summed E-state index contributed by atoms with van der Waals surface area (Å²) in [5.74, 6) is 0.575. The molecule has 1 amide bonds. The van der Waals surface area contributed by atoms with Crippen molar-refractivity contribution in [3.05, 3.63) is 53.4 Å². The second-order valence-electron chi connectivity index (χ2n) is 5.38. The molecule has 5 heteroatoms. The van der Waals surface area contributed by atoms with Crippen LogP contribution in [0.25, 0.3) is 0 Å². The van der Waals surface area contributed by atoms with E-state index in [1.165, 1.54) is 0 Å². The van der Waals surface area contributed by atoms with E-state index in [0.717, 1.165) is 24.1 Å². The number of aromatic nitrogens is 3. The maximum atomic E-state index is 12.8. The van der Waals surface area contributed by atoms with Crippen molar-refractivity contribution in [3.63, 3.8) is 0 Å². The first-order valence-corrected chi connectivity index (χ1v) is 7.60. The Labute approximate surface area is 131 Å². The van der Waals surface area contributed by atoms with Crippen molar-refractivity contribution in [1.82, 2.24) is 19.9 Å². The van der Waals surface area contributed by atoms with E-state index in [1.54, 1.807) is 25.4 Å². The van der Waals surface area contributed by atoms with Crippen LogP contribution < -0.4 is 0 Å². The van der Waals surface area contributed by atoms with Crippen LogP contribution in [0.5, 0.6) is 0 Å². The molecule has 0 aliphatic heterocycles. The van der Waals surface area contributed by atoms with Crippen LogP contribution in [0.15, 0.2) is 30.6 Å². The number of nitrogens with zero attached hydrogens (tertiary/aromatic N) is 4. The SMILES string of the molecule is CCCCN(Cc1cccnc1)C(=O)c1cc(C)nc(C)n1. The highest BCUT2D eigenvalue weighted by Gasteiger charge is 2.18. The van der Waals surface area contributed by atoms with Gasteiger partial charge >= 0.3 is 0 Å². The van der Waals surface area contributed by atoms with Gasteiger partial charge in [0, 0.05) is 31.2 Å². The number of hydrogen-bond acceptors (Lipinski definition) is 4. The zero-order valence-corrected chi connectivity index (χ0v) is 13.4. The van der Waals surface area contributed by atoms with E-state index in [-0.39, 0.29) is 5.91 Å². The summed E-state index contributed by atoms with van der Waals surface area (Å²) >= 11 is 0. The molecule has 0 radical (unpaired) electrons. The molecule has 0 unspecified atom stereocenters. The van der Waals surface area contributed by atoms with E-state index < -0.39 is 0 Å². The minimum absolute atomic E-state index is 0.0501. The number of pyridine rings is 1. The lowest BCUT2D eigenvalue weighted by Gasteiger charge is -2.22. The molecule has 2 aromatic heterocycles. The summed E-state index contributed by atoms with van der Waals surface area (Å²) in [5, 5.41) is 0. The third-order valence-electron chi connectivity index (χ3n) is 3.35. The predicted molar refractivity (Wildman–Crippen MR) is 85.4 cm³/mol. The molecular formula is C17H22N4O. The molecule has 5 nitrogen and oxygen atoms in total. The molecule has 0 saturated heterocycles. The molecule has 0 spiro atoms. The number of hydrogen-bond donors (Lipinski definition) is 0. The molecule has 0 aliphatic carbocycles. The summed E-state index contributed by atoms with van der Waals surface area (Å²) in [5.41, 5.74) is 2.30. The Morgan fingerprint density at radius 1 is 1.27 bits per heavy atom. The normalized spacial score (nSPS) is 10.5. The number of amides is 1. The first kappa shape index (κ1) is 16.1. The van der Waals surface area contributed by atoms with Crippen LogP contribution in [0.3, 0.4) is 0 Å². The van der Waals surface area contributed by atoms with Crippen LogP contribution in [0, 0.1) is 13.8 Å². The minimum Gasteiger partial charge on any atom is -0.333 e. The van der Waals surface area contributed by atoms with Crippen molar-refractivity contribution in [2.45, 2.75) is 40.2 Å². The van der Waals surface area contributed by atoms with Crippen molar-refractivity contribution < 1.29 is 4.79 Å². The van der Waals surface area contributed by atoms with Crippen molar-refractivity contribution in [1.29, 1.82) is 0 Å². The lowest BCUT2D eigenvalue weighted by molar-refractivity contribution is 0.0734. The van der Waals surface area contributed by atoms with Gasteiger partial charge in [0.1, 0.15) is 11.5 Å². The summed E-state index contributed by atoms with van der Waals surface area (Å²) in [6, 6.07) is 5.62. The van der Waals surface area contributed by atoms with Gasteiger partial charge in [0.15, 0.2) is 0 Å². The largest absolute Gasteiger partial charge is 0.333 e. The molecular weight excluding hydrogens is 276 g/mol. The molecule has 22 heavy (non-hydrogen) atoms. The predicted octanol–water partition coefficient (Wildman–Crippen LogP) is 2.93. The van der Waals surface area contributed by atoms with Gasteiger partial charge in [-0.3, -0.25) is 9.78 Å². The van der Waals surface area contributed by atoms with Gasteiger partial charge in [-0.15, -0.1) is 0 Å². The Balaban J connectivity index is 2.21. The maximum Gasteiger partial charge on any atom is 0.272 e. The van der Waals surface area contributed by atoms with Gasteiger partial charge in [-0.05, 0) is 38.0 Å². The topological polar surface area (TPSA) is 59.0 Å². The van der Waals surface area contributed by atoms with Crippen molar-refractivity contribution in [2.24, 2.45) is 0 Å². The van der Waals surface area contributed by atoms with Gasteiger partial charge in [0.05, 0.1) is 0 Å². The van der Waals surface area contributed by atoms with E-state index in [1.807, 2.05) is 24.0 Å². The van der Waals surface area contributed by atoms with E-state index in [2.05, 4.69) is 21.9 Å². The van der Waals surface area contributed by atoms with Gasteiger partial charge < -0.3 is 4.90 Å². The van der Waals surface area contributed by atoms with E-state index in [0.29, 0.717) is 24.6 Å². The molecule has 0 aromatic carbocycles. The van der Waals surface area contributed by atoms with Gasteiger partial charge in [-0.25, -0.2) is 9.97 Å². The Kier molecular flexibility index (Phi) is 5.58. The summed E-state index contributed by atoms with van der Waals surface area (Å²) in [6.45, 7) is 7.07. The van der Waals surface area contributed by atoms with Crippen LogP contribution in [-0.4, -0.2) is 32.3 Å². The third-order valence-corrected chi connectivity index (χ3v) is 3.35. The van der Waals surface area contributed by atoms with E-state index in [9.17, 15) is 4.79 Å². The van der Waals surface area contributed by atoms with Crippen molar-refractivity contribution in [3.8, 4) is 0 Å². The van der Waals surface area contributed by atoms with Crippen LogP contribution >= 0.6 is 0 Å². The Morgan fingerprint density at radius 2 is 2.09 bits per heavy atom. The number of rotatable bonds is 6. The average Bonchev–Trinajstić information content (AvgIpc) is 2.50. The first-order valence-electron chi connectivity index (χ1n) is 7.60. The maximum absolute atomic E-state index is 12.8. The smallest absolute Gasteiger partial charge is 0.272 e. The second kappa shape index (κ2) is 7.64. The van der Waals surface area contributed by atoms with Crippen LogP contribution in [0.2, 0.25) is 0 Å². The molecule has 2 aromatic rings. The fourth-order valence-electron chi connectivity index (χ4n) is 2.30. The third kappa shape index (κ3) is 4.35. The average molecular weight is 298 g/mol. The van der Waals surface area contributed by atoms with E-state index in [4.69, 9.17) is 0 Å². The highest BCUT2D eigenvalue weighted by Crippen LogP contribution is 2.10. The molecule has 0 saturated carbocycles. The van der Waals surface area contributed by atoms with Gasteiger partial charge in [0.2, 0.25) is 0 Å².